The normalized spacial score (nSPS) is 10.2. The number of nitrogens with one attached hydrogen (secondary N) is 1. The Kier molecular flexibility index (Phi) is 3.21. The van der Waals surface area contributed by atoms with E-state index in [2.05, 4.69) is 15.3 Å². The summed E-state index contributed by atoms with van der Waals surface area (Å²) in [6.07, 6.45) is 1.31. The van der Waals surface area contributed by atoms with Gasteiger partial charge in [-0.25, -0.2) is 4.98 Å². The number of nitrogen functional groups attached to an aromatic ring is 1. The molecule has 0 saturated heterocycles. The molecule has 0 aliphatic rings. The maximum absolute atomic E-state index is 9.31. The van der Waals surface area contributed by atoms with E-state index in [4.69, 9.17) is 28.9 Å². The molecule has 0 bridgehead atoms. The van der Waals surface area contributed by atoms with Crippen molar-refractivity contribution in [3.8, 4) is 5.88 Å². The van der Waals surface area contributed by atoms with Gasteiger partial charge in [-0.05, 0) is 18.2 Å². The summed E-state index contributed by atoms with van der Waals surface area (Å²) in [7, 11) is 0. The standard InChI is InChI=1S/C10H8Cl2N4O/c11-6-2-1-5(3-7(6)12)15-10-14-4-8(13)9(17)16-10/h1-4H,13H2,(H2,14,15,16,17). The molecule has 2 aromatic rings. The molecule has 0 aliphatic heterocycles. The topological polar surface area (TPSA) is 84.1 Å². The largest absolute Gasteiger partial charge is 0.492 e. The molecule has 0 amide bonds. The number of hydrogen-bond acceptors (Lipinski definition) is 5. The molecular weight excluding hydrogens is 263 g/mol. The van der Waals surface area contributed by atoms with Crippen molar-refractivity contribution in [1.82, 2.24) is 9.97 Å². The fraction of sp³-hybridized carbons (Fsp3) is 0. The van der Waals surface area contributed by atoms with E-state index in [9.17, 15) is 5.11 Å². The molecule has 0 unspecified atom stereocenters. The second-order valence-electron chi connectivity index (χ2n) is 3.23. The smallest absolute Gasteiger partial charge is 0.239 e. The minimum atomic E-state index is -0.275. The highest BCUT2D eigenvalue weighted by atomic mass is 35.5. The first-order valence-corrected chi connectivity index (χ1v) is 5.35. The number of halogens is 2. The first-order chi connectivity index (χ1) is 8.06. The molecule has 88 valence electrons. The number of nitrogens with zero attached hydrogens (tertiary/aromatic N) is 2. The maximum Gasteiger partial charge on any atom is 0.239 e. The summed E-state index contributed by atoms with van der Waals surface area (Å²) < 4.78 is 0. The SMILES string of the molecule is Nc1cnc(Nc2ccc(Cl)c(Cl)c2)nc1O. The van der Waals surface area contributed by atoms with E-state index in [1.54, 1.807) is 18.2 Å². The van der Waals surface area contributed by atoms with Gasteiger partial charge in [-0.15, -0.1) is 0 Å². The summed E-state index contributed by atoms with van der Waals surface area (Å²) in [6, 6.07) is 4.98. The van der Waals surface area contributed by atoms with Crippen molar-refractivity contribution in [3.63, 3.8) is 0 Å². The Morgan fingerprint density at radius 1 is 1.24 bits per heavy atom. The third-order valence-corrected chi connectivity index (χ3v) is 2.71. The van der Waals surface area contributed by atoms with E-state index in [1.807, 2.05) is 0 Å². The number of rotatable bonds is 2. The van der Waals surface area contributed by atoms with Crippen molar-refractivity contribution >= 4 is 40.5 Å². The fourth-order valence-corrected chi connectivity index (χ4v) is 1.44. The van der Waals surface area contributed by atoms with Gasteiger partial charge in [0, 0.05) is 5.69 Å². The lowest BCUT2D eigenvalue weighted by atomic mass is 10.3. The summed E-state index contributed by atoms with van der Waals surface area (Å²) in [5, 5.41) is 13.0. The lowest BCUT2D eigenvalue weighted by Crippen LogP contribution is -1.98. The molecule has 0 saturated carbocycles. The van der Waals surface area contributed by atoms with E-state index in [-0.39, 0.29) is 17.5 Å². The number of nitrogens with two attached hydrogens (primary N) is 1. The summed E-state index contributed by atoms with van der Waals surface area (Å²) >= 11 is 11.6. The Bertz CT molecular complexity index is 512. The highest BCUT2D eigenvalue weighted by molar-refractivity contribution is 6.42. The summed E-state index contributed by atoms with van der Waals surface area (Å²) in [5.74, 6) is -0.0577. The Morgan fingerprint density at radius 2 is 2.00 bits per heavy atom. The quantitative estimate of drug-likeness (QED) is 0.782. The van der Waals surface area contributed by atoms with Crippen LogP contribution in [0.2, 0.25) is 10.0 Å². The molecule has 0 fully saturated rings. The van der Waals surface area contributed by atoms with Crippen LogP contribution in [0.3, 0.4) is 0 Å². The van der Waals surface area contributed by atoms with Crippen LogP contribution in [-0.4, -0.2) is 15.1 Å². The summed E-state index contributed by atoms with van der Waals surface area (Å²) in [6.45, 7) is 0. The lowest BCUT2D eigenvalue weighted by Gasteiger charge is -2.06. The van der Waals surface area contributed by atoms with Crippen LogP contribution < -0.4 is 11.1 Å². The molecule has 4 N–H and O–H groups in total. The van der Waals surface area contributed by atoms with Crippen LogP contribution >= 0.6 is 23.2 Å². The zero-order valence-electron chi connectivity index (χ0n) is 8.48. The molecule has 0 aliphatic carbocycles. The second-order valence-corrected chi connectivity index (χ2v) is 4.04. The molecule has 0 spiro atoms. The van der Waals surface area contributed by atoms with Crippen molar-refractivity contribution in [2.45, 2.75) is 0 Å². The van der Waals surface area contributed by atoms with E-state index in [0.717, 1.165) is 0 Å². The van der Waals surface area contributed by atoms with Gasteiger partial charge >= 0.3 is 0 Å². The van der Waals surface area contributed by atoms with Gasteiger partial charge in [0.15, 0.2) is 0 Å². The average molecular weight is 271 g/mol. The van der Waals surface area contributed by atoms with Crippen molar-refractivity contribution in [2.24, 2.45) is 0 Å². The van der Waals surface area contributed by atoms with Gasteiger partial charge in [0.2, 0.25) is 11.8 Å². The van der Waals surface area contributed by atoms with Crippen molar-refractivity contribution in [2.75, 3.05) is 11.1 Å². The van der Waals surface area contributed by atoms with Gasteiger partial charge in [-0.2, -0.15) is 4.98 Å². The number of anilines is 3. The molecule has 5 nitrogen and oxygen atoms in total. The van der Waals surface area contributed by atoms with Crippen LogP contribution in [0.15, 0.2) is 24.4 Å². The van der Waals surface area contributed by atoms with Crippen molar-refractivity contribution in [1.29, 1.82) is 0 Å². The van der Waals surface area contributed by atoms with Crippen molar-refractivity contribution < 1.29 is 5.11 Å². The molecule has 0 atom stereocenters. The zero-order valence-corrected chi connectivity index (χ0v) is 10.00. The first-order valence-electron chi connectivity index (χ1n) is 4.60. The van der Waals surface area contributed by atoms with Crippen LogP contribution in [0.4, 0.5) is 17.3 Å². The van der Waals surface area contributed by atoms with Gasteiger partial charge in [-0.3, -0.25) is 0 Å². The van der Waals surface area contributed by atoms with Gasteiger partial charge in [0.1, 0.15) is 5.69 Å². The van der Waals surface area contributed by atoms with Gasteiger partial charge in [0.05, 0.1) is 16.2 Å². The predicted molar refractivity (Wildman–Crippen MR) is 67.9 cm³/mol. The highest BCUT2D eigenvalue weighted by Gasteiger charge is 2.04. The van der Waals surface area contributed by atoms with E-state index in [0.29, 0.717) is 15.7 Å². The molecule has 17 heavy (non-hydrogen) atoms. The third kappa shape index (κ3) is 2.69. The van der Waals surface area contributed by atoms with E-state index < -0.39 is 0 Å². The number of hydrogen-bond donors (Lipinski definition) is 3. The first kappa shape index (κ1) is 11.8. The Balaban J connectivity index is 2.25. The van der Waals surface area contributed by atoms with Crippen LogP contribution in [-0.2, 0) is 0 Å². The monoisotopic (exact) mass is 270 g/mol. The van der Waals surface area contributed by atoms with Gasteiger partial charge in [0.25, 0.3) is 0 Å². The number of aromatic hydroxyl groups is 1. The van der Waals surface area contributed by atoms with Crippen LogP contribution in [0.1, 0.15) is 0 Å². The number of benzene rings is 1. The predicted octanol–water partition coefficient (Wildman–Crippen LogP) is 2.81. The molecule has 2 rings (SSSR count). The molecule has 1 aromatic heterocycles. The van der Waals surface area contributed by atoms with Crippen molar-refractivity contribution in [3.05, 3.63) is 34.4 Å². The molecule has 1 aromatic carbocycles. The molecule has 7 heteroatoms. The molecule has 0 radical (unpaired) electrons. The van der Waals surface area contributed by atoms with Gasteiger partial charge in [-0.1, -0.05) is 23.2 Å². The van der Waals surface area contributed by atoms with Crippen LogP contribution in [0.25, 0.3) is 0 Å². The minimum absolute atomic E-state index is 0.115. The maximum atomic E-state index is 9.31. The zero-order chi connectivity index (χ0) is 12.4. The lowest BCUT2D eigenvalue weighted by molar-refractivity contribution is 0.456. The second kappa shape index (κ2) is 4.65. The van der Waals surface area contributed by atoms with Crippen LogP contribution in [0.5, 0.6) is 5.88 Å². The highest BCUT2D eigenvalue weighted by Crippen LogP contribution is 2.26. The summed E-state index contributed by atoms with van der Waals surface area (Å²) in [5.41, 5.74) is 6.16. The van der Waals surface area contributed by atoms with E-state index >= 15 is 0 Å². The Labute approximate surface area is 107 Å². The van der Waals surface area contributed by atoms with Crippen LogP contribution in [0, 0.1) is 0 Å². The van der Waals surface area contributed by atoms with Gasteiger partial charge < -0.3 is 16.2 Å². The van der Waals surface area contributed by atoms with E-state index in [1.165, 1.54) is 6.20 Å². The Hall–Kier alpha value is -1.72. The minimum Gasteiger partial charge on any atom is -0.492 e. The third-order valence-electron chi connectivity index (χ3n) is 1.97. The average Bonchev–Trinajstić information content (AvgIpc) is 2.29. The summed E-state index contributed by atoms with van der Waals surface area (Å²) in [4.78, 5) is 7.66. The molecule has 1 heterocycles. The fourth-order valence-electron chi connectivity index (χ4n) is 1.15. The molecular formula is C10H8Cl2N4O. The number of aromatic nitrogens is 2. The Morgan fingerprint density at radius 3 is 2.65 bits per heavy atom.